The van der Waals surface area contributed by atoms with E-state index in [-0.39, 0.29) is 0 Å². The van der Waals surface area contributed by atoms with Crippen LogP contribution in [0.15, 0.2) is 54.6 Å². The molecule has 0 bridgehead atoms. The molecule has 1 N–H and O–H groups in total. The first-order chi connectivity index (χ1) is 9.78. The molecule has 2 aromatic rings. The highest BCUT2D eigenvalue weighted by molar-refractivity contribution is 5.47. The Morgan fingerprint density at radius 3 is 2.35 bits per heavy atom. The van der Waals surface area contributed by atoms with Crippen LogP contribution in [0.5, 0.6) is 5.75 Å². The Morgan fingerprint density at radius 1 is 1.00 bits per heavy atom. The van der Waals surface area contributed by atoms with Crippen molar-refractivity contribution < 1.29 is 4.74 Å². The van der Waals surface area contributed by atoms with E-state index in [1.54, 1.807) is 0 Å². The normalized spacial score (nSPS) is 11.9. The van der Waals surface area contributed by atoms with Crippen molar-refractivity contribution in [1.82, 2.24) is 0 Å². The van der Waals surface area contributed by atoms with E-state index in [0.29, 0.717) is 12.6 Å². The summed E-state index contributed by atoms with van der Waals surface area (Å²) in [6, 6.07) is 19.2. The van der Waals surface area contributed by atoms with Crippen molar-refractivity contribution in [2.24, 2.45) is 0 Å². The fourth-order valence-electron chi connectivity index (χ4n) is 2.20. The zero-order valence-electron chi connectivity index (χ0n) is 12.3. The van der Waals surface area contributed by atoms with Crippen molar-refractivity contribution >= 4 is 5.69 Å². The molecule has 0 spiro atoms. The van der Waals surface area contributed by atoms with Crippen LogP contribution in [0.25, 0.3) is 0 Å². The lowest BCUT2D eigenvalue weighted by Crippen LogP contribution is -2.15. The third kappa shape index (κ3) is 4.61. The van der Waals surface area contributed by atoms with E-state index in [0.717, 1.165) is 24.3 Å². The molecule has 0 saturated heterocycles. The van der Waals surface area contributed by atoms with Crippen LogP contribution in [0.2, 0.25) is 0 Å². The molecule has 1 unspecified atom stereocenters. The van der Waals surface area contributed by atoms with E-state index in [1.807, 2.05) is 19.1 Å². The minimum Gasteiger partial charge on any atom is -0.494 e. The molecule has 0 aliphatic carbocycles. The molecular weight excluding hydrogens is 246 g/mol. The van der Waals surface area contributed by atoms with Gasteiger partial charge in [0, 0.05) is 11.7 Å². The van der Waals surface area contributed by atoms with Crippen LogP contribution < -0.4 is 10.1 Å². The molecule has 2 nitrogen and oxygen atoms in total. The summed E-state index contributed by atoms with van der Waals surface area (Å²) in [7, 11) is 0. The van der Waals surface area contributed by atoms with Gasteiger partial charge < -0.3 is 10.1 Å². The van der Waals surface area contributed by atoms with Gasteiger partial charge in [0.05, 0.1) is 6.61 Å². The van der Waals surface area contributed by atoms with Gasteiger partial charge >= 0.3 is 0 Å². The van der Waals surface area contributed by atoms with Crippen LogP contribution in [0, 0.1) is 0 Å². The second-order valence-corrected chi connectivity index (χ2v) is 5.03. The molecule has 0 heterocycles. The summed E-state index contributed by atoms with van der Waals surface area (Å²) >= 11 is 0. The van der Waals surface area contributed by atoms with E-state index in [2.05, 4.69) is 54.7 Å². The molecule has 2 aromatic carbocycles. The molecule has 1 atom stereocenters. The van der Waals surface area contributed by atoms with Gasteiger partial charge in [0.25, 0.3) is 0 Å². The molecule has 0 amide bonds. The molecule has 0 fully saturated rings. The average molecular weight is 269 g/mol. The topological polar surface area (TPSA) is 21.3 Å². The highest BCUT2D eigenvalue weighted by atomic mass is 16.5. The summed E-state index contributed by atoms with van der Waals surface area (Å²) in [5.41, 5.74) is 2.54. The zero-order chi connectivity index (χ0) is 14.2. The fraction of sp³-hybridized carbons (Fsp3) is 0.333. The Labute approximate surface area is 121 Å². The van der Waals surface area contributed by atoms with Crippen molar-refractivity contribution in [3.63, 3.8) is 0 Å². The highest BCUT2D eigenvalue weighted by Gasteiger charge is 2.03. The Morgan fingerprint density at radius 2 is 1.70 bits per heavy atom. The Hall–Kier alpha value is -1.96. The van der Waals surface area contributed by atoms with E-state index in [4.69, 9.17) is 4.74 Å². The van der Waals surface area contributed by atoms with Gasteiger partial charge in [-0.2, -0.15) is 0 Å². The number of aryl methyl sites for hydroxylation is 1. The van der Waals surface area contributed by atoms with Crippen molar-refractivity contribution in [1.29, 1.82) is 0 Å². The maximum Gasteiger partial charge on any atom is 0.119 e. The first-order valence-corrected chi connectivity index (χ1v) is 7.31. The predicted octanol–water partition coefficient (Wildman–Crippen LogP) is 4.52. The molecule has 2 rings (SSSR count). The average Bonchev–Trinajstić information content (AvgIpc) is 2.49. The molecule has 0 aliphatic heterocycles. The third-order valence-corrected chi connectivity index (χ3v) is 3.29. The lowest BCUT2D eigenvalue weighted by Gasteiger charge is -2.15. The summed E-state index contributed by atoms with van der Waals surface area (Å²) in [4.78, 5) is 0. The lowest BCUT2D eigenvalue weighted by atomic mass is 10.1. The molecule has 20 heavy (non-hydrogen) atoms. The number of anilines is 1. The maximum atomic E-state index is 5.44. The van der Waals surface area contributed by atoms with Crippen LogP contribution in [0.1, 0.15) is 25.8 Å². The number of benzene rings is 2. The molecule has 0 radical (unpaired) electrons. The van der Waals surface area contributed by atoms with Crippen molar-refractivity contribution in [2.45, 2.75) is 32.7 Å². The van der Waals surface area contributed by atoms with Gasteiger partial charge in [-0.15, -0.1) is 0 Å². The Balaban J connectivity index is 1.80. The first kappa shape index (κ1) is 14.4. The molecule has 0 aromatic heterocycles. The number of ether oxygens (including phenoxy) is 1. The lowest BCUT2D eigenvalue weighted by molar-refractivity contribution is 0.340. The SMILES string of the molecule is CCOc1ccc(NC(C)CCc2ccccc2)cc1. The highest BCUT2D eigenvalue weighted by Crippen LogP contribution is 2.17. The van der Waals surface area contributed by atoms with E-state index < -0.39 is 0 Å². The minimum atomic E-state index is 0.452. The molecule has 0 saturated carbocycles. The number of rotatable bonds is 7. The smallest absolute Gasteiger partial charge is 0.119 e. The number of nitrogens with one attached hydrogen (secondary N) is 1. The molecule has 106 valence electrons. The third-order valence-electron chi connectivity index (χ3n) is 3.29. The van der Waals surface area contributed by atoms with Crippen LogP contribution in [-0.2, 0) is 6.42 Å². The molecular formula is C18H23NO. The Bertz CT molecular complexity index is 493. The van der Waals surface area contributed by atoms with Crippen LogP contribution >= 0.6 is 0 Å². The summed E-state index contributed by atoms with van der Waals surface area (Å²) in [5, 5.41) is 3.53. The van der Waals surface area contributed by atoms with Crippen LogP contribution in [0.3, 0.4) is 0 Å². The summed E-state index contributed by atoms with van der Waals surface area (Å²) in [5.74, 6) is 0.926. The number of hydrogen-bond donors (Lipinski definition) is 1. The van der Waals surface area contributed by atoms with Gasteiger partial charge in [-0.3, -0.25) is 0 Å². The summed E-state index contributed by atoms with van der Waals surface area (Å²) in [6.07, 6.45) is 2.23. The summed E-state index contributed by atoms with van der Waals surface area (Å²) < 4.78 is 5.44. The van der Waals surface area contributed by atoms with Gasteiger partial charge in [0.2, 0.25) is 0 Å². The fourth-order valence-corrected chi connectivity index (χ4v) is 2.20. The van der Waals surface area contributed by atoms with Crippen LogP contribution in [0.4, 0.5) is 5.69 Å². The maximum absolute atomic E-state index is 5.44. The van der Waals surface area contributed by atoms with E-state index in [1.165, 1.54) is 5.56 Å². The van der Waals surface area contributed by atoms with Crippen molar-refractivity contribution in [3.05, 3.63) is 60.2 Å². The van der Waals surface area contributed by atoms with Crippen LogP contribution in [-0.4, -0.2) is 12.6 Å². The first-order valence-electron chi connectivity index (χ1n) is 7.31. The monoisotopic (exact) mass is 269 g/mol. The second kappa shape index (κ2) is 7.59. The second-order valence-electron chi connectivity index (χ2n) is 5.03. The Kier molecular flexibility index (Phi) is 5.48. The van der Waals surface area contributed by atoms with Gasteiger partial charge in [0.1, 0.15) is 5.75 Å². The van der Waals surface area contributed by atoms with Gasteiger partial charge in [0.15, 0.2) is 0 Å². The van der Waals surface area contributed by atoms with Gasteiger partial charge in [-0.25, -0.2) is 0 Å². The minimum absolute atomic E-state index is 0.452. The standard InChI is InChI=1S/C18H23NO/c1-3-20-18-13-11-17(12-14-18)19-15(2)9-10-16-7-5-4-6-8-16/h4-8,11-15,19H,3,9-10H2,1-2H3. The largest absolute Gasteiger partial charge is 0.494 e. The molecule has 0 aliphatic rings. The quantitative estimate of drug-likeness (QED) is 0.798. The van der Waals surface area contributed by atoms with Gasteiger partial charge in [-0.1, -0.05) is 30.3 Å². The number of hydrogen-bond acceptors (Lipinski definition) is 2. The van der Waals surface area contributed by atoms with Crippen molar-refractivity contribution in [3.8, 4) is 5.75 Å². The van der Waals surface area contributed by atoms with E-state index in [9.17, 15) is 0 Å². The molecule has 2 heteroatoms. The summed E-state index contributed by atoms with van der Waals surface area (Å²) in [6.45, 7) is 4.93. The van der Waals surface area contributed by atoms with E-state index >= 15 is 0 Å². The van der Waals surface area contributed by atoms with Gasteiger partial charge in [-0.05, 0) is 56.5 Å². The van der Waals surface area contributed by atoms with Crippen molar-refractivity contribution in [2.75, 3.05) is 11.9 Å². The predicted molar refractivity (Wildman–Crippen MR) is 85.5 cm³/mol. The zero-order valence-corrected chi connectivity index (χ0v) is 12.3.